The predicted molar refractivity (Wildman–Crippen MR) is 109 cm³/mol. The first kappa shape index (κ1) is 18.7. The molecule has 6 heteroatoms. The molecule has 0 radical (unpaired) electrons. The number of aromatic nitrogens is 2. The van der Waals surface area contributed by atoms with Gasteiger partial charge in [-0.1, -0.05) is 48.5 Å². The summed E-state index contributed by atoms with van der Waals surface area (Å²) in [5.41, 5.74) is 2.59. The van der Waals surface area contributed by atoms with Gasteiger partial charge in [-0.25, -0.2) is 4.79 Å². The molecule has 2 aromatic carbocycles. The van der Waals surface area contributed by atoms with Crippen molar-refractivity contribution in [3.63, 3.8) is 0 Å². The molecule has 28 heavy (non-hydrogen) atoms. The van der Waals surface area contributed by atoms with Gasteiger partial charge in [0.1, 0.15) is 6.10 Å². The van der Waals surface area contributed by atoms with Gasteiger partial charge in [-0.3, -0.25) is 9.58 Å². The third kappa shape index (κ3) is 4.08. The summed E-state index contributed by atoms with van der Waals surface area (Å²) >= 11 is 0. The molecular formula is C22H26N4O2. The molecule has 1 unspecified atom stereocenters. The Bertz CT molecular complexity index is 954. The second kappa shape index (κ2) is 8.12. The quantitative estimate of drug-likeness (QED) is 0.653. The van der Waals surface area contributed by atoms with Crippen molar-refractivity contribution in [1.82, 2.24) is 19.6 Å². The number of esters is 1. The van der Waals surface area contributed by atoms with Gasteiger partial charge in [-0.05, 0) is 18.7 Å². The average molecular weight is 378 g/mol. The van der Waals surface area contributed by atoms with Gasteiger partial charge in [0, 0.05) is 45.2 Å². The molecule has 0 bridgehead atoms. The molecule has 0 N–H and O–H groups in total. The lowest BCUT2D eigenvalue weighted by molar-refractivity contribution is 0.0188. The minimum absolute atomic E-state index is 0.190. The van der Waals surface area contributed by atoms with Crippen LogP contribution in [0.2, 0.25) is 0 Å². The van der Waals surface area contributed by atoms with E-state index in [9.17, 15) is 4.79 Å². The number of fused-ring (bicyclic) bond motifs is 1. The number of rotatable bonds is 4. The van der Waals surface area contributed by atoms with Crippen LogP contribution >= 0.6 is 0 Å². The number of para-hydroxylation sites is 1. The van der Waals surface area contributed by atoms with E-state index in [1.165, 1.54) is 5.56 Å². The third-order valence-electron chi connectivity index (χ3n) is 5.25. The van der Waals surface area contributed by atoms with E-state index >= 15 is 0 Å². The number of ether oxygens (including phenoxy) is 1. The second-order valence-electron chi connectivity index (χ2n) is 7.50. The minimum atomic E-state index is -0.350. The van der Waals surface area contributed by atoms with Crippen LogP contribution in [0.1, 0.15) is 16.1 Å². The van der Waals surface area contributed by atoms with Crippen molar-refractivity contribution in [1.29, 1.82) is 0 Å². The Balaban J connectivity index is 1.49. The molecule has 146 valence electrons. The summed E-state index contributed by atoms with van der Waals surface area (Å²) in [6.45, 7) is 4.20. The van der Waals surface area contributed by atoms with Crippen molar-refractivity contribution in [2.75, 3.05) is 33.2 Å². The highest BCUT2D eigenvalue weighted by Crippen LogP contribution is 2.19. The molecule has 1 aliphatic heterocycles. The van der Waals surface area contributed by atoms with Gasteiger partial charge >= 0.3 is 5.97 Å². The van der Waals surface area contributed by atoms with Crippen molar-refractivity contribution in [3.05, 3.63) is 65.9 Å². The van der Waals surface area contributed by atoms with E-state index in [1.807, 2.05) is 37.4 Å². The minimum Gasteiger partial charge on any atom is -0.455 e. The summed E-state index contributed by atoms with van der Waals surface area (Å²) in [7, 11) is 3.92. The van der Waals surface area contributed by atoms with Crippen LogP contribution in [-0.2, 0) is 18.3 Å². The molecule has 3 aromatic rings. The summed E-state index contributed by atoms with van der Waals surface area (Å²) in [6, 6.07) is 18.2. The third-order valence-corrected chi connectivity index (χ3v) is 5.25. The lowest BCUT2D eigenvalue weighted by Gasteiger charge is -2.23. The zero-order valence-corrected chi connectivity index (χ0v) is 16.4. The second-order valence-corrected chi connectivity index (χ2v) is 7.50. The first-order valence-corrected chi connectivity index (χ1v) is 9.67. The maximum Gasteiger partial charge on any atom is 0.359 e. The Morgan fingerprint density at radius 2 is 1.79 bits per heavy atom. The fourth-order valence-corrected chi connectivity index (χ4v) is 3.82. The Labute approximate surface area is 165 Å². The monoisotopic (exact) mass is 378 g/mol. The average Bonchev–Trinajstić information content (AvgIpc) is 2.93. The molecule has 0 saturated carbocycles. The predicted octanol–water partition coefficient (Wildman–Crippen LogP) is 2.55. The Kier molecular flexibility index (Phi) is 5.41. The van der Waals surface area contributed by atoms with Gasteiger partial charge in [0.15, 0.2) is 5.69 Å². The van der Waals surface area contributed by atoms with E-state index < -0.39 is 0 Å². The molecule has 0 amide bonds. The number of hydrogen-bond acceptors (Lipinski definition) is 5. The number of likely N-dealkylation sites (N-methyl/N-ethyl adjacent to an activating group) is 1. The maximum absolute atomic E-state index is 12.9. The van der Waals surface area contributed by atoms with Crippen molar-refractivity contribution < 1.29 is 9.53 Å². The standard InChI is InChI=1S/C22H26N4O2/c1-24-12-13-26(14-17-8-4-3-5-9-17)16-18(15-24)28-22(27)21-19-10-6-7-11-20(19)25(2)23-21/h3-11,18H,12-16H2,1-2H3. The van der Waals surface area contributed by atoms with Gasteiger partial charge in [0.2, 0.25) is 0 Å². The molecule has 0 aliphatic carbocycles. The van der Waals surface area contributed by atoms with Gasteiger partial charge in [0.05, 0.1) is 5.52 Å². The highest BCUT2D eigenvalue weighted by Gasteiger charge is 2.26. The molecule has 6 nitrogen and oxygen atoms in total. The fraction of sp³-hybridized carbons (Fsp3) is 0.364. The SMILES string of the molecule is CN1CCN(Cc2ccccc2)CC(OC(=O)c2nn(C)c3ccccc23)C1. The Hall–Kier alpha value is -2.70. The van der Waals surface area contributed by atoms with Crippen LogP contribution in [-0.4, -0.2) is 64.9 Å². The number of carbonyl (C=O) groups is 1. The highest BCUT2D eigenvalue weighted by atomic mass is 16.5. The van der Waals surface area contributed by atoms with Crippen LogP contribution in [0.25, 0.3) is 10.9 Å². The van der Waals surface area contributed by atoms with Crippen LogP contribution in [0.3, 0.4) is 0 Å². The summed E-state index contributed by atoms with van der Waals surface area (Å²) in [5, 5.41) is 5.23. The van der Waals surface area contributed by atoms with Crippen molar-refractivity contribution >= 4 is 16.9 Å². The Morgan fingerprint density at radius 3 is 2.61 bits per heavy atom. The molecule has 1 atom stereocenters. The largest absolute Gasteiger partial charge is 0.455 e. The van der Waals surface area contributed by atoms with Crippen molar-refractivity contribution in [3.8, 4) is 0 Å². The molecule has 1 aliphatic rings. The number of aryl methyl sites for hydroxylation is 1. The summed E-state index contributed by atoms with van der Waals surface area (Å²) in [6.07, 6.45) is -0.190. The maximum atomic E-state index is 12.9. The summed E-state index contributed by atoms with van der Waals surface area (Å²) in [4.78, 5) is 17.5. The van der Waals surface area contributed by atoms with Crippen LogP contribution in [0.5, 0.6) is 0 Å². The molecule has 2 heterocycles. The van der Waals surface area contributed by atoms with Crippen LogP contribution in [0.4, 0.5) is 0 Å². The van der Waals surface area contributed by atoms with E-state index in [0.717, 1.165) is 43.6 Å². The topological polar surface area (TPSA) is 50.6 Å². The first-order valence-electron chi connectivity index (χ1n) is 9.67. The van der Waals surface area contributed by atoms with E-state index in [2.05, 4.69) is 46.2 Å². The van der Waals surface area contributed by atoms with Crippen LogP contribution < -0.4 is 0 Å². The normalized spacial score (nSPS) is 18.9. The van der Waals surface area contributed by atoms with E-state index in [1.54, 1.807) is 4.68 Å². The molecular weight excluding hydrogens is 352 g/mol. The smallest absolute Gasteiger partial charge is 0.359 e. The van der Waals surface area contributed by atoms with E-state index in [-0.39, 0.29) is 12.1 Å². The van der Waals surface area contributed by atoms with Gasteiger partial charge in [0.25, 0.3) is 0 Å². The van der Waals surface area contributed by atoms with E-state index in [4.69, 9.17) is 4.74 Å². The fourth-order valence-electron chi connectivity index (χ4n) is 3.82. The van der Waals surface area contributed by atoms with Crippen LogP contribution in [0.15, 0.2) is 54.6 Å². The van der Waals surface area contributed by atoms with Crippen molar-refractivity contribution in [2.45, 2.75) is 12.6 Å². The van der Waals surface area contributed by atoms with Crippen molar-refractivity contribution in [2.24, 2.45) is 7.05 Å². The highest BCUT2D eigenvalue weighted by molar-refractivity contribution is 6.02. The molecule has 4 rings (SSSR count). The van der Waals surface area contributed by atoms with Gasteiger partial charge in [-0.2, -0.15) is 5.10 Å². The van der Waals surface area contributed by atoms with E-state index in [0.29, 0.717) is 5.69 Å². The number of benzene rings is 2. The molecule has 1 aromatic heterocycles. The molecule has 1 fully saturated rings. The summed E-state index contributed by atoms with van der Waals surface area (Å²) in [5.74, 6) is -0.350. The van der Waals surface area contributed by atoms with Crippen LogP contribution in [0, 0.1) is 0 Å². The van der Waals surface area contributed by atoms with Gasteiger partial charge < -0.3 is 9.64 Å². The molecule has 0 spiro atoms. The zero-order chi connectivity index (χ0) is 19.5. The Morgan fingerprint density at radius 1 is 1.04 bits per heavy atom. The first-order chi connectivity index (χ1) is 13.6. The number of nitrogens with zero attached hydrogens (tertiary/aromatic N) is 4. The number of hydrogen-bond donors (Lipinski definition) is 0. The van der Waals surface area contributed by atoms with Gasteiger partial charge in [-0.15, -0.1) is 0 Å². The lowest BCUT2D eigenvalue weighted by atomic mass is 10.2. The lowest BCUT2D eigenvalue weighted by Crippen LogP contribution is -2.36. The zero-order valence-electron chi connectivity index (χ0n) is 16.4. The number of carbonyl (C=O) groups excluding carboxylic acids is 1. The summed E-state index contributed by atoms with van der Waals surface area (Å²) < 4.78 is 7.65. The molecule has 1 saturated heterocycles.